The van der Waals surface area contributed by atoms with E-state index in [1.807, 2.05) is 84.9 Å². The molecule has 1 aliphatic heterocycles. The smallest absolute Gasteiger partial charge is 0.244 e. The average Bonchev–Trinajstić information content (AvgIpc) is 3.28. The van der Waals surface area contributed by atoms with Crippen LogP contribution in [0.25, 0.3) is 10.8 Å². The van der Waals surface area contributed by atoms with E-state index >= 15 is 0 Å². The Morgan fingerprint density at radius 1 is 0.970 bits per heavy atom. The summed E-state index contributed by atoms with van der Waals surface area (Å²) in [6.07, 6.45) is -0.639. The van der Waals surface area contributed by atoms with E-state index in [0.29, 0.717) is 23.8 Å². The van der Waals surface area contributed by atoms with Crippen LogP contribution in [0.3, 0.4) is 0 Å². The first-order valence-corrected chi connectivity index (χ1v) is 11.4. The van der Waals surface area contributed by atoms with Gasteiger partial charge in [-0.3, -0.25) is 4.79 Å². The van der Waals surface area contributed by atoms with Crippen LogP contribution in [0.4, 0.5) is 0 Å². The Labute approximate surface area is 200 Å². The van der Waals surface area contributed by atoms with Crippen LogP contribution in [0.2, 0.25) is 0 Å². The normalized spacial score (nSPS) is 15.3. The van der Waals surface area contributed by atoms with Crippen molar-refractivity contribution in [1.29, 1.82) is 0 Å². The summed E-state index contributed by atoms with van der Waals surface area (Å²) in [5.41, 5.74) is 2.59. The van der Waals surface area contributed by atoms with E-state index in [2.05, 4.69) is 27.1 Å². The minimum atomic E-state index is -0.639. The second kappa shape index (κ2) is 9.08. The zero-order valence-electron chi connectivity index (χ0n) is 17.9. The summed E-state index contributed by atoms with van der Waals surface area (Å²) in [6.45, 7) is 1.88. The Morgan fingerprint density at radius 2 is 1.76 bits per heavy atom. The molecule has 6 heteroatoms. The molecule has 0 radical (unpaired) electrons. The molecule has 5 rings (SSSR count). The van der Waals surface area contributed by atoms with E-state index < -0.39 is 6.23 Å². The highest BCUT2D eigenvalue weighted by Gasteiger charge is 2.34. The highest BCUT2D eigenvalue weighted by molar-refractivity contribution is 9.10. The molecule has 0 spiro atoms. The van der Waals surface area contributed by atoms with Crippen LogP contribution in [0.5, 0.6) is 5.75 Å². The molecule has 0 fully saturated rings. The summed E-state index contributed by atoms with van der Waals surface area (Å²) in [7, 11) is 0. The van der Waals surface area contributed by atoms with Crippen LogP contribution in [0.15, 0.2) is 101 Å². The van der Waals surface area contributed by atoms with Gasteiger partial charge in [0.25, 0.3) is 0 Å². The number of ether oxygens (including phenoxy) is 2. The summed E-state index contributed by atoms with van der Waals surface area (Å²) in [5.74, 6) is 0.794. The summed E-state index contributed by atoms with van der Waals surface area (Å²) in [4.78, 5) is 12.4. The van der Waals surface area contributed by atoms with Crippen molar-refractivity contribution in [3.63, 3.8) is 0 Å². The number of hydrazone groups is 1. The quantitative estimate of drug-likeness (QED) is 0.317. The number of carbonyl (C=O) groups is 1. The van der Waals surface area contributed by atoms with Gasteiger partial charge in [0, 0.05) is 17.0 Å². The van der Waals surface area contributed by atoms with Crippen LogP contribution in [-0.2, 0) is 16.1 Å². The van der Waals surface area contributed by atoms with E-state index in [0.717, 1.165) is 26.4 Å². The number of rotatable bonds is 5. The number of hydrogen-bond acceptors (Lipinski definition) is 4. The molecule has 4 aromatic rings. The van der Waals surface area contributed by atoms with Crippen LogP contribution in [0, 0.1) is 0 Å². The van der Waals surface area contributed by atoms with E-state index in [4.69, 9.17) is 9.47 Å². The summed E-state index contributed by atoms with van der Waals surface area (Å²) >= 11 is 3.49. The SMILES string of the molecule is CC(=O)N1N=C(c2ccccc2OCc2cccc(Br)c2)O[C@@H]1c1ccc2ccccc2c1. The lowest BCUT2D eigenvalue weighted by molar-refractivity contribution is -0.135. The Kier molecular flexibility index (Phi) is 5.84. The van der Waals surface area contributed by atoms with Crippen molar-refractivity contribution in [2.75, 3.05) is 0 Å². The molecule has 1 aliphatic rings. The van der Waals surface area contributed by atoms with Crippen LogP contribution in [0.1, 0.15) is 29.8 Å². The molecule has 33 heavy (non-hydrogen) atoms. The van der Waals surface area contributed by atoms with E-state index in [1.165, 1.54) is 11.9 Å². The number of fused-ring (bicyclic) bond motifs is 1. The van der Waals surface area contributed by atoms with Crippen LogP contribution >= 0.6 is 15.9 Å². The molecule has 5 nitrogen and oxygen atoms in total. The number of para-hydroxylation sites is 1. The van der Waals surface area contributed by atoms with Crippen molar-refractivity contribution in [3.05, 3.63) is 112 Å². The lowest BCUT2D eigenvalue weighted by Crippen LogP contribution is -2.25. The Morgan fingerprint density at radius 3 is 2.58 bits per heavy atom. The third-order valence-corrected chi connectivity index (χ3v) is 5.92. The van der Waals surface area contributed by atoms with E-state index in [-0.39, 0.29) is 5.91 Å². The van der Waals surface area contributed by atoms with Crippen molar-refractivity contribution in [2.24, 2.45) is 5.10 Å². The average molecular weight is 501 g/mol. The standard InChI is InChI=1S/C27H21BrN2O3/c1-18(31)30-27(22-14-13-20-8-2-3-9-21(20)16-22)33-26(29-30)24-11-4-5-12-25(24)32-17-19-7-6-10-23(28)15-19/h2-16,27H,17H2,1H3/t27-/m1/s1. The summed E-state index contributed by atoms with van der Waals surface area (Å²) in [6, 6.07) is 29.6. The molecule has 0 saturated carbocycles. The fourth-order valence-electron chi connectivity index (χ4n) is 3.81. The third-order valence-electron chi connectivity index (χ3n) is 5.43. The highest BCUT2D eigenvalue weighted by atomic mass is 79.9. The first-order chi connectivity index (χ1) is 16.1. The Bertz CT molecular complexity index is 1370. The molecule has 164 valence electrons. The zero-order valence-corrected chi connectivity index (χ0v) is 19.5. The van der Waals surface area contributed by atoms with Crippen molar-refractivity contribution in [3.8, 4) is 5.75 Å². The number of halogens is 1. The van der Waals surface area contributed by atoms with Gasteiger partial charge in [0.1, 0.15) is 12.4 Å². The van der Waals surface area contributed by atoms with Crippen LogP contribution in [-0.4, -0.2) is 16.8 Å². The Hall–Kier alpha value is -3.64. The molecule has 0 bridgehead atoms. The maximum Gasteiger partial charge on any atom is 0.244 e. The number of hydrogen-bond donors (Lipinski definition) is 0. The molecular weight excluding hydrogens is 480 g/mol. The minimum absolute atomic E-state index is 0.198. The summed E-state index contributed by atoms with van der Waals surface area (Å²) in [5, 5.41) is 8.10. The third kappa shape index (κ3) is 4.47. The number of amides is 1. The second-order valence-corrected chi connectivity index (χ2v) is 8.68. The molecular formula is C27H21BrN2O3. The molecule has 0 aliphatic carbocycles. The monoisotopic (exact) mass is 500 g/mol. The van der Waals surface area contributed by atoms with Gasteiger partial charge in [0.15, 0.2) is 0 Å². The molecule has 1 amide bonds. The van der Waals surface area contributed by atoms with Gasteiger partial charge in [-0.15, -0.1) is 5.10 Å². The fraction of sp³-hybridized carbons (Fsp3) is 0.111. The topological polar surface area (TPSA) is 51.1 Å². The second-order valence-electron chi connectivity index (χ2n) is 7.76. The van der Waals surface area contributed by atoms with E-state index in [9.17, 15) is 4.79 Å². The first kappa shape index (κ1) is 21.2. The Balaban J connectivity index is 1.43. The van der Waals surface area contributed by atoms with Gasteiger partial charge in [-0.2, -0.15) is 5.01 Å². The van der Waals surface area contributed by atoms with Gasteiger partial charge in [0.05, 0.1) is 5.56 Å². The highest BCUT2D eigenvalue weighted by Crippen LogP contribution is 2.34. The number of nitrogens with zero attached hydrogens (tertiary/aromatic N) is 2. The van der Waals surface area contributed by atoms with Gasteiger partial charge >= 0.3 is 0 Å². The molecule has 0 aromatic heterocycles. The number of benzene rings is 4. The largest absolute Gasteiger partial charge is 0.488 e. The van der Waals surface area contributed by atoms with Gasteiger partial charge < -0.3 is 9.47 Å². The molecule has 0 N–H and O–H groups in total. The van der Waals surface area contributed by atoms with Gasteiger partial charge in [0.2, 0.25) is 18.0 Å². The van der Waals surface area contributed by atoms with Crippen molar-refractivity contribution >= 4 is 38.5 Å². The predicted octanol–water partition coefficient (Wildman–Crippen LogP) is 6.42. The lowest BCUT2D eigenvalue weighted by atomic mass is 10.1. The lowest BCUT2D eigenvalue weighted by Gasteiger charge is -2.20. The van der Waals surface area contributed by atoms with Crippen LogP contribution < -0.4 is 4.74 Å². The predicted molar refractivity (Wildman–Crippen MR) is 132 cm³/mol. The van der Waals surface area contributed by atoms with Crippen molar-refractivity contribution in [1.82, 2.24) is 5.01 Å². The molecule has 0 unspecified atom stereocenters. The first-order valence-electron chi connectivity index (χ1n) is 10.6. The van der Waals surface area contributed by atoms with Gasteiger partial charge in [-0.1, -0.05) is 76.6 Å². The molecule has 0 saturated heterocycles. The minimum Gasteiger partial charge on any atom is -0.488 e. The molecule has 4 aromatic carbocycles. The maximum atomic E-state index is 12.4. The zero-order chi connectivity index (χ0) is 22.8. The summed E-state index contributed by atoms with van der Waals surface area (Å²) < 4.78 is 13.3. The van der Waals surface area contributed by atoms with E-state index in [1.54, 1.807) is 0 Å². The fourth-order valence-corrected chi connectivity index (χ4v) is 4.26. The number of carbonyl (C=O) groups excluding carboxylic acids is 1. The maximum absolute atomic E-state index is 12.4. The molecule has 1 atom stereocenters. The van der Waals surface area contributed by atoms with Crippen molar-refractivity contribution in [2.45, 2.75) is 19.8 Å². The van der Waals surface area contributed by atoms with Gasteiger partial charge in [-0.05, 0) is 46.7 Å². The van der Waals surface area contributed by atoms with Gasteiger partial charge in [-0.25, -0.2) is 0 Å². The molecule has 1 heterocycles. The van der Waals surface area contributed by atoms with Crippen molar-refractivity contribution < 1.29 is 14.3 Å².